The Bertz CT molecular complexity index is 137. The first-order valence-electron chi connectivity index (χ1n) is 5.46. The minimum atomic E-state index is -0.160. The van der Waals surface area contributed by atoms with Gasteiger partial charge in [-0.2, -0.15) is 0 Å². The number of carbonyl (C=O) groups is 1. The third-order valence-electron chi connectivity index (χ3n) is 2.08. The quantitative estimate of drug-likeness (QED) is 0.281. The highest BCUT2D eigenvalue weighted by Gasteiger charge is 1.93. The van der Waals surface area contributed by atoms with Crippen molar-refractivity contribution in [2.24, 2.45) is 0 Å². The molecular formula is C11H21IO2. The van der Waals surface area contributed by atoms with E-state index < -0.39 is 0 Å². The van der Waals surface area contributed by atoms with Crippen LogP contribution in [-0.2, 0) is 9.53 Å². The van der Waals surface area contributed by atoms with E-state index in [1.807, 2.05) is 0 Å². The molecule has 0 atom stereocenters. The summed E-state index contributed by atoms with van der Waals surface area (Å²) < 4.78 is 6.13. The summed E-state index contributed by atoms with van der Waals surface area (Å²) in [5, 5.41) is 0. The van der Waals surface area contributed by atoms with Crippen LogP contribution in [0.25, 0.3) is 0 Å². The second kappa shape index (κ2) is 11.3. The Morgan fingerprint density at radius 3 is 2.00 bits per heavy atom. The molecule has 84 valence electrons. The largest absolute Gasteiger partial charge is 0.466 e. The van der Waals surface area contributed by atoms with Crippen molar-refractivity contribution in [3.05, 3.63) is 0 Å². The molecule has 0 aliphatic rings. The van der Waals surface area contributed by atoms with Crippen molar-refractivity contribution < 1.29 is 9.53 Å². The molecule has 0 aromatic rings. The number of esters is 1. The summed E-state index contributed by atoms with van der Waals surface area (Å²) in [6.07, 6.45) is 8.90. The van der Waals surface area contributed by atoms with Crippen LogP contribution in [0.4, 0.5) is 0 Å². The maximum absolute atomic E-state index is 10.4. The van der Waals surface area contributed by atoms with E-state index in [2.05, 4.69) is 22.6 Å². The standard InChI is InChI=1S/C11H21IO2/c1-11(13)14-10-8-6-4-2-3-5-7-9-12/h2-10H2,1H3. The van der Waals surface area contributed by atoms with Gasteiger partial charge in [0.25, 0.3) is 0 Å². The molecule has 0 radical (unpaired) electrons. The minimum Gasteiger partial charge on any atom is -0.466 e. The number of carbonyl (C=O) groups excluding carboxylic acids is 1. The zero-order chi connectivity index (χ0) is 10.6. The molecule has 14 heavy (non-hydrogen) atoms. The summed E-state index contributed by atoms with van der Waals surface area (Å²) >= 11 is 2.42. The van der Waals surface area contributed by atoms with Gasteiger partial charge in [0.2, 0.25) is 0 Å². The van der Waals surface area contributed by atoms with Crippen molar-refractivity contribution >= 4 is 28.6 Å². The van der Waals surface area contributed by atoms with E-state index in [1.54, 1.807) is 0 Å². The van der Waals surface area contributed by atoms with Crippen molar-refractivity contribution in [2.45, 2.75) is 51.9 Å². The highest BCUT2D eigenvalue weighted by molar-refractivity contribution is 14.1. The molecule has 0 saturated heterocycles. The predicted octanol–water partition coefficient (Wildman–Crippen LogP) is 3.72. The van der Waals surface area contributed by atoms with Crippen LogP contribution >= 0.6 is 22.6 Å². The lowest BCUT2D eigenvalue weighted by Gasteiger charge is -2.02. The molecule has 2 nitrogen and oxygen atoms in total. The third-order valence-corrected chi connectivity index (χ3v) is 2.85. The molecular weight excluding hydrogens is 291 g/mol. The lowest BCUT2D eigenvalue weighted by atomic mass is 10.1. The molecule has 0 unspecified atom stereocenters. The maximum atomic E-state index is 10.4. The molecule has 0 spiro atoms. The van der Waals surface area contributed by atoms with Crippen LogP contribution in [0, 0.1) is 0 Å². The summed E-state index contributed by atoms with van der Waals surface area (Å²) in [6.45, 7) is 2.06. The molecule has 0 aromatic heterocycles. The van der Waals surface area contributed by atoms with Gasteiger partial charge in [-0.15, -0.1) is 0 Å². The molecule has 0 N–H and O–H groups in total. The maximum Gasteiger partial charge on any atom is 0.302 e. The molecule has 0 fully saturated rings. The molecule has 0 amide bonds. The van der Waals surface area contributed by atoms with Crippen LogP contribution in [0.3, 0.4) is 0 Å². The number of rotatable bonds is 9. The minimum absolute atomic E-state index is 0.160. The summed E-state index contributed by atoms with van der Waals surface area (Å²) in [7, 11) is 0. The first kappa shape index (κ1) is 14.2. The van der Waals surface area contributed by atoms with E-state index >= 15 is 0 Å². The van der Waals surface area contributed by atoms with Gasteiger partial charge in [-0.3, -0.25) is 4.79 Å². The highest BCUT2D eigenvalue weighted by Crippen LogP contribution is 2.08. The smallest absolute Gasteiger partial charge is 0.302 e. The monoisotopic (exact) mass is 312 g/mol. The van der Waals surface area contributed by atoms with E-state index in [4.69, 9.17) is 4.74 Å². The number of unbranched alkanes of at least 4 members (excludes halogenated alkanes) is 6. The van der Waals surface area contributed by atoms with Crippen molar-refractivity contribution in [1.82, 2.24) is 0 Å². The normalized spacial score (nSPS) is 10.1. The molecule has 0 aromatic carbocycles. The average molecular weight is 312 g/mol. The van der Waals surface area contributed by atoms with Gasteiger partial charge >= 0.3 is 5.97 Å². The second-order valence-electron chi connectivity index (χ2n) is 3.50. The number of halogens is 1. The van der Waals surface area contributed by atoms with E-state index in [0.717, 1.165) is 6.42 Å². The Hall–Kier alpha value is 0.200. The summed E-state index contributed by atoms with van der Waals surface area (Å²) in [5.74, 6) is -0.160. The SMILES string of the molecule is CC(=O)OCCCCCCCCCI. The van der Waals surface area contributed by atoms with Crippen molar-refractivity contribution in [3.8, 4) is 0 Å². The Morgan fingerprint density at radius 1 is 1.00 bits per heavy atom. The van der Waals surface area contributed by atoms with Crippen LogP contribution in [0.5, 0.6) is 0 Å². The fraction of sp³-hybridized carbons (Fsp3) is 0.909. The number of hydrogen-bond donors (Lipinski definition) is 0. The Balaban J connectivity index is 2.88. The van der Waals surface area contributed by atoms with Crippen LogP contribution in [0.1, 0.15) is 51.9 Å². The average Bonchev–Trinajstić information content (AvgIpc) is 2.15. The predicted molar refractivity (Wildman–Crippen MR) is 67.8 cm³/mol. The van der Waals surface area contributed by atoms with Crippen LogP contribution in [0.15, 0.2) is 0 Å². The lowest BCUT2D eigenvalue weighted by molar-refractivity contribution is -0.141. The van der Waals surface area contributed by atoms with Gasteiger partial charge in [0.1, 0.15) is 0 Å². The summed E-state index contributed by atoms with van der Waals surface area (Å²) in [6, 6.07) is 0. The second-order valence-corrected chi connectivity index (χ2v) is 4.58. The topological polar surface area (TPSA) is 26.3 Å². The van der Waals surface area contributed by atoms with Gasteiger partial charge in [0, 0.05) is 6.92 Å². The molecule has 3 heteroatoms. The molecule has 0 aliphatic carbocycles. The van der Waals surface area contributed by atoms with Crippen LogP contribution < -0.4 is 0 Å². The van der Waals surface area contributed by atoms with E-state index in [0.29, 0.717) is 6.61 Å². The fourth-order valence-electron chi connectivity index (χ4n) is 1.30. The van der Waals surface area contributed by atoms with Gasteiger partial charge in [-0.25, -0.2) is 0 Å². The van der Waals surface area contributed by atoms with Gasteiger partial charge in [-0.1, -0.05) is 54.7 Å². The van der Waals surface area contributed by atoms with E-state index in [1.165, 1.54) is 49.9 Å². The molecule has 0 rings (SSSR count). The Morgan fingerprint density at radius 2 is 1.50 bits per heavy atom. The van der Waals surface area contributed by atoms with Crippen molar-refractivity contribution in [3.63, 3.8) is 0 Å². The zero-order valence-electron chi connectivity index (χ0n) is 9.06. The summed E-state index contributed by atoms with van der Waals surface area (Å²) in [5.41, 5.74) is 0. The number of alkyl halides is 1. The third kappa shape index (κ3) is 12.2. The van der Waals surface area contributed by atoms with Gasteiger partial charge < -0.3 is 4.74 Å². The van der Waals surface area contributed by atoms with Gasteiger partial charge in [0.05, 0.1) is 6.61 Å². The van der Waals surface area contributed by atoms with E-state index in [-0.39, 0.29) is 5.97 Å². The lowest BCUT2D eigenvalue weighted by Crippen LogP contribution is -2.00. The van der Waals surface area contributed by atoms with Crippen molar-refractivity contribution in [2.75, 3.05) is 11.0 Å². The first-order chi connectivity index (χ1) is 6.77. The molecule has 0 aliphatic heterocycles. The van der Waals surface area contributed by atoms with Crippen molar-refractivity contribution in [1.29, 1.82) is 0 Å². The molecule has 0 bridgehead atoms. The molecule has 0 heterocycles. The Labute approximate surface area is 101 Å². The zero-order valence-corrected chi connectivity index (χ0v) is 11.2. The highest BCUT2D eigenvalue weighted by atomic mass is 127. The van der Waals surface area contributed by atoms with Crippen LogP contribution in [0.2, 0.25) is 0 Å². The number of ether oxygens (including phenoxy) is 1. The van der Waals surface area contributed by atoms with E-state index in [9.17, 15) is 4.79 Å². The Kier molecular flexibility index (Phi) is 11.4. The first-order valence-corrected chi connectivity index (χ1v) is 6.99. The number of hydrogen-bond acceptors (Lipinski definition) is 2. The molecule has 0 saturated carbocycles. The van der Waals surface area contributed by atoms with Gasteiger partial charge in [-0.05, 0) is 17.3 Å². The fourth-order valence-corrected chi connectivity index (χ4v) is 1.84. The van der Waals surface area contributed by atoms with Crippen LogP contribution in [-0.4, -0.2) is 17.0 Å². The van der Waals surface area contributed by atoms with Gasteiger partial charge in [0.15, 0.2) is 0 Å². The summed E-state index contributed by atoms with van der Waals surface area (Å²) in [4.78, 5) is 10.4.